The van der Waals surface area contributed by atoms with Crippen LogP contribution in [-0.4, -0.2) is 56.8 Å². The Bertz CT molecular complexity index is 1380. The lowest BCUT2D eigenvalue weighted by molar-refractivity contribution is 0.0911. The summed E-state index contributed by atoms with van der Waals surface area (Å²) in [6.07, 6.45) is 2.97. The van der Waals surface area contributed by atoms with Gasteiger partial charge in [-0.15, -0.1) is 0 Å². The number of carbonyl (C=O) groups excluding carboxylic acids is 1. The highest BCUT2D eigenvalue weighted by Crippen LogP contribution is 2.38. The molecule has 0 aromatic carbocycles. The number of piperidine rings is 1. The van der Waals surface area contributed by atoms with Crippen molar-refractivity contribution in [3.63, 3.8) is 0 Å². The Morgan fingerprint density at radius 3 is 2.71 bits per heavy atom. The molecule has 12 nitrogen and oxygen atoms in total. The Labute approximate surface area is 193 Å². The molecule has 2 N–H and O–H groups in total. The third kappa shape index (κ3) is 4.87. The summed E-state index contributed by atoms with van der Waals surface area (Å²) in [6.45, 7) is 1.03. The molecular formula is C21H22N5O7P. The van der Waals surface area contributed by atoms with Gasteiger partial charge in [0.2, 0.25) is 11.6 Å². The highest BCUT2D eigenvalue weighted by molar-refractivity contribution is 7.51. The molecule has 1 fully saturated rings. The number of furan rings is 1. The van der Waals surface area contributed by atoms with E-state index in [2.05, 4.69) is 10.1 Å². The normalized spacial score (nSPS) is 14.8. The Kier molecular flexibility index (Phi) is 6.52. The number of pyridine rings is 1. The summed E-state index contributed by atoms with van der Waals surface area (Å²) in [6, 6.07) is 5.96. The Morgan fingerprint density at radius 1 is 1.35 bits per heavy atom. The Hall–Kier alpha value is -3.52. The van der Waals surface area contributed by atoms with Crippen molar-refractivity contribution in [2.45, 2.75) is 19.3 Å². The maximum atomic E-state index is 13.3. The van der Waals surface area contributed by atoms with Gasteiger partial charge in [0.25, 0.3) is 5.56 Å². The van der Waals surface area contributed by atoms with Crippen LogP contribution in [-0.2, 0) is 4.57 Å². The summed E-state index contributed by atoms with van der Waals surface area (Å²) in [7, 11) is -2.59. The zero-order chi connectivity index (χ0) is 24.5. The summed E-state index contributed by atoms with van der Waals surface area (Å²) in [4.78, 5) is 50.8. The number of anilines is 1. The van der Waals surface area contributed by atoms with E-state index in [1.54, 1.807) is 12.1 Å². The molecule has 0 atom stereocenters. The van der Waals surface area contributed by atoms with Crippen LogP contribution >= 0.6 is 7.60 Å². The number of fused-ring (bicyclic) bond motifs is 1. The second-order valence-corrected chi connectivity index (χ2v) is 9.78. The van der Waals surface area contributed by atoms with Gasteiger partial charge in [0.1, 0.15) is 11.9 Å². The van der Waals surface area contributed by atoms with Crippen LogP contribution in [0.3, 0.4) is 0 Å². The SMILES string of the molecule is COc1cc2cnn(C(=O)c3ccc(C#N)o3)c(=O)c2c(N2CCC(CCP(=O)(O)O)CC2)n1. The van der Waals surface area contributed by atoms with Gasteiger partial charge >= 0.3 is 13.5 Å². The second-order valence-electron chi connectivity index (χ2n) is 8.00. The van der Waals surface area contributed by atoms with Gasteiger partial charge in [-0.05, 0) is 37.3 Å². The molecule has 0 amide bonds. The number of hydrogen-bond donors (Lipinski definition) is 2. The molecule has 1 saturated heterocycles. The third-order valence-electron chi connectivity index (χ3n) is 5.80. The van der Waals surface area contributed by atoms with E-state index < -0.39 is 19.1 Å². The van der Waals surface area contributed by atoms with E-state index in [4.69, 9.17) is 24.2 Å². The van der Waals surface area contributed by atoms with Crippen molar-refractivity contribution < 1.29 is 28.3 Å². The molecule has 0 radical (unpaired) electrons. The highest BCUT2D eigenvalue weighted by atomic mass is 31.2. The van der Waals surface area contributed by atoms with Gasteiger partial charge in [-0.1, -0.05) is 0 Å². The van der Waals surface area contributed by atoms with E-state index in [1.807, 2.05) is 4.90 Å². The first-order chi connectivity index (χ1) is 16.2. The summed E-state index contributed by atoms with van der Waals surface area (Å²) < 4.78 is 22.3. The van der Waals surface area contributed by atoms with Crippen LogP contribution in [0.1, 0.15) is 35.6 Å². The topological polar surface area (TPSA) is 172 Å². The largest absolute Gasteiger partial charge is 0.481 e. The lowest BCUT2D eigenvalue weighted by Gasteiger charge is -2.33. The molecule has 0 aliphatic carbocycles. The van der Waals surface area contributed by atoms with Crippen LogP contribution in [0, 0.1) is 17.2 Å². The van der Waals surface area contributed by atoms with Gasteiger partial charge in [-0.25, -0.2) is 0 Å². The number of carbonyl (C=O) groups is 1. The standard InChI is InChI=1S/C21H22N5O7P/c1-32-17-10-14-12-23-26(20(27)16-3-2-15(11-22)33-16)21(28)18(14)19(24-17)25-7-4-13(5-8-25)6-9-34(29,30)31/h2-3,10,12-13H,4-9H2,1H3,(H2,29,30,31). The zero-order valence-electron chi connectivity index (χ0n) is 18.2. The van der Waals surface area contributed by atoms with Crippen LogP contribution in [0.2, 0.25) is 0 Å². The van der Waals surface area contributed by atoms with Crippen molar-refractivity contribution >= 4 is 30.1 Å². The average molecular weight is 487 g/mol. The van der Waals surface area contributed by atoms with E-state index >= 15 is 0 Å². The van der Waals surface area contributed by atoms with Gasteiger partial charge in [0, 0.05) is 24.5 Å². The molecule has 34 heavy (non-hydrogen) atoms. The van der Waals surface area contributed by atoms with Crippen molar-refractivity contribution in [3.8, 4) is 11.9 Å². The molecule has 0 spiro atoms. The fraction of sp³-hybridized carbons (Fsp3) is 0.381. The van der Waals surface area contributed by atoms with Gasteiger partial charge in [0.15, 0.2) is 5.76 Å². The molecule has 0 unspecified atom stereocenters. The molecule has 13 heteroatoms. The zero-order valence-corrected chi connectivity index (χ0v) is 19.1. The van der Waals surface area contributed by atoms with Gasteiger partial charge < -0.3 is 23.8 Å². The average Bonchev–Trinajstić information content (AvgIpc) is 3.31. The van der Waals surface area contributed by atoms with Crippen LogP contribution in [0.5, 0.6) is 5.88 Å². The van der Waals surface area contributed by atoms with Crippen LogP contribution in [0.25, 0.3) is 10.8 Å². The summed E-state index contributed by atoms with van der Waals surface area (Å²) in [5.41, 5.74) is -0.689. The number of hydrogen-bond acceptors (Lipinski definition) is 9. The third-order valence-corrected chi connectivity index (χ3v) is 6.64. The molecule has 1 aliphatic rings. The summed E-state index contributed by atoms with van der Waals surface area (Å²) >= 11 is 0. The maximum Gasteiger partial charge on any atom is 0.325 e. The minimum atomic E-state index is -4.05. The fourth-order valence-corrected chi connectivity index (χ4v) is 4.71. The highest BCUT2D eigenvalue weighted by Gasteiger charge is 2.27. The molecule has 178 valence electrons. The van der Waals surface area contributed by atoms with Crippen molar-refractivity contribution in [1.82, 2.24) is 14.8 Å². The van der Waals surface area contributed by atoms with Gasteiger partial charge in [0.05, 0.1) is 24.9 Å². The smallest absolute Gasteiger partial charge is 0.325 e. The quantitative estimate of drug-likeness (QED) is 0.485. The van der Waals surface area contributed by atoms with Crippen LogP contribution < -0.4 is 15.2 Å². The van der Waals surface area contributed by atoms with E-state index in [1.165, 1.54) is 25.4 Å². The summed E-state index contributed by atoms with van der Waals surface area (Å²) in [5, 5.41) is 13.5. The number of nitriles is 1. The van der Waals surface area contributed by atoms with E-state index in [9.17, 15) is 14.2 Å². The van der Waals surface area contributed by atoms with Crippen molar-refractivity contribution in [2.24, 2.45) is 5.92 Å². The first-order valence-corrected chi connectivity index (χ1v) is 12.3. The molecule has 0 bridgehead atoms. The number of aromatic nitrogens is 3. The monoisotopic (exact) mass is 487 g/mol. The first-order valence-electron chi connectivity index (χ1n) is 10.5. The van der Waals surface area contributed by atoms with Crippen LogP contribution in [0.15, 0.2) is 33.6 Å². The molecule has 3 aromatic heterocycles. The lowest BCUT2D eigenvalue weighted by atomic mass is 9.94. The predicted molar refractivity (Wildman–Crippen MR) is 120 cm³/mol. The molecule has 3 aromatic rings. The van der Waals surface area contributed by atoms with Crippen molar-refractivity contribution in [2.75, 3.05) is 31.3 Å². The Morgan fingerprint density at radius 2 is 2.09 bits per heavy atom. The lowest BCUT2D eigenvalue weighted by Crippen LogP contribution is -2.36. The van der Waals surface area contributed by atoms with Gasteiger partial charge in [-0.3, -0.25) is 14.2 Å². The first kappa shape index (κ1) is 23.6. The van der Waals surface area contributed by atoms with Crippen LogP contribution in [0.4, 0.5) is 5.82 Å². The number of methoxy groups -OCH3 is 1. The van der Waals surface area contributed by atoms with E-state index in [-0.39, 0.29) is 34.9 Å². The van der Waals surface area contributed by atoms with E-state index in [0.717, 1.165) is 0 Å². The Balaban J connectivity index is 1.68. The summed E-state index contributed by atoms with van der Waals surface area (Å²) in [5.74, 6) is -0.305. The van der Waals surface area contributed by atoms with Gasteiger partial charge in [-0.2, -0.15) is 20.0 Å². The molecule has 0 saturated carbocycles. The van der Waals surface area contributed by atoms with E-state index in [0.29, 0.717) is 48.2 Å². The minimum Gasteiger partial charge on any atom is -0.481 e. The fourth-order valence-electron chi connectivity index (χ4n) is 4.01. The number of nitrogens with zero attached hydrogens (tertiary/aromatic N) is 5. The molecule has 1 aliphatic heterocycles. The molecule has 4 heterocycles. The second kappa shape index (κ2) is 9.38. The molecular weight excluding hydrogens is 465 g/mol. The predicted octanol–water partition coefficient (Wildman–Crippen LogP) is 1.74. The van der Waals surface area contributed by atoms with Crippen molar-refractivity contribution in [1.29, 1.82) is 5.26 Å². The molecule has 4 rings (SSSR count). The number of rotatable bonds is 6. The minimum absolute atomic E-state index is 0.0640. The maximum absolute atomic E-state index is 13.3. The van der Waals surface area contributed by atoms with Crippen molar-refractivity contribution in [3.05, 3.63) is 46.3 Å². The number of ether oxygens (including phenoxy) is 1.